The molecule has 0 bridgehead atoms. The number of piperidine rings is 1. The zero-order chi connectivity index (χ0) is 13.8. The molecule has 0 aliphatic carbocycles. The van der Waals surface area contributed by atoms with E-state index in [2.05, 4.69) is 41.4 Å². The van der Waals surface area contributed by atoms with Gasteiger partial charge in [-0.25, -0.2) is 0 Å². The van der Waals surface area contributed by atoms with Gasteiger partial charge in [0.1, 0.15) is 0 Å². The standard InChI is InChI=1S/C18H28N2/c1-2-10-18(11-6-12-19-14-18)15-20-13-5-8-16-7-3-4-9-17(16)20/h3-4,7,9,19H,2,5-6,8,10-15H2,1H3. The SMILES string of the molecule is CCCC1(CN2CCCc3ccccc32)CCCNC1. The summed E-state index contributed by atoms with van der Waals surface area (Å²) in [5.74, 6) is 0. The third-order valence-electron chi connectivity index (χ3n) is 5.07. The fourth-order valence-electron chi connectivity index (χ4n) is 4.17. The van der Waals surface area contributed by atoms with E-state index in [9.17, 15) is 0 Å². The quantitative estimate of drug-likeness (QED) is 0.901. The Labute approximate surface area is 123 Å². The Morgan fingerprint density at radius 3 is 2.95 bits per heavy atom. The minimum atomic E-state index is 0.497. The molecule has 110 valence electrons. The number of benzene rings is 1. The van der Waals surface area contributed by atoms with E-state index in [0.717, 1.165) is 0 Å². The van der Waals surface area contributed by atoms with Gasteiger partial charge in [-0.3, -0.25) is 0 Å². The minimum absolute atomic E-state index is 0.497. The molecule has 0 amide bonds. The topological polar surface area (TPSA) is 15.3 Å². The van der Waals surface area contributed by atoms with Gasteiger partial charge < -0.3 is 10.2 Å². The van der Waals surface area contributed by atoms with Crippen LogP contribution in [0.1, 0.15) is 44.6 Å². The third-order valence-corrected chi connectivity index (χ3v) is 5.07. The van der Waals surface area contributed by atoms with Crippen molar-refractivity contribution in [3.63, 3.8) is 0 Å². The Morgan fingerprint density at radius 2 is 2.15 bits per heavy atom. The summed E-state index contributed by atoms with van der Waals surface area (Å²) in [5.41, 5.74) is 3.55. The number of hydrogen-bond donors (Lipinski definition) is 1. The summed E-state index contributed by atoms with van der Waals surface area (Å²) in [4.78, 5) is 2.67. The number of hydrogen-bond acceptors (Lipinski definition) is 2. The molecule has 2 aliphatic rings. The Bertz CT molecular complexity index is 429. The second kappa shape index (κ2) is 6.17. The minimum Gasteiger partial charge on any atom is -0.371 e. The van der Waals surface area contributed by atoms with Crippen LogP contribution >= 0.6 is 0 Å². The van der Waals surface area contributed by atoms with Crippen molar-refractivity contribution in [2.45, 2.75) is 45.4 Å². The van der Waals surface area contributed by atoms with E-state index < -0.39 is 0 Å². The van der Waals surface area contributed by atoms with Gasteiger partial charge in [-0.05, 0) is 50.3 Å². The molecule has 1 saturated heterocycles. The highest BCUT2D eigenvalue weighted by Gasteiger charge is 2.34. The molecule has 1 fully saturated rings. The lowest BCUT2D eigenvalue weighted by Gasteiger charge is -2.44. The molecular weight excluding hydrogens is 244 g/mol. The van der Waals surface area contributed by atoms with Crippen molar-refractivity contribution < 1.29 is 0 Å². The van der Waals surface area contributed by atoms with Gasteiger partial charge in [-0.2, -0.15) is 0 Å². The van der Waals surface area contributed by atoms with Crippen molar-refractivity contribution in [3.8, 4) is 0 Å². The summed E-state index contributed by atoms with van der Waals surface area (Å²) in [5, 5.41) is 3.65. The number of fused-ring (bicyclic) bond motifs is 1. The van der Waals surface area contributed by atoms with Crippen molar-refractivity contribution in [2.75, 3.05) is 31.1 Å². The molecule has 2 heterocycles. The van der Waals surface area contributed by atoms with Crippen LogP contribution in [0.5, 0.6) is 0 Å². The zero-order valence-corrected chi connectivity index (χ0v) is 12.8. The Hall–Kier alpha value is -1.02. The highest BCUT2D eigenvalue weighted by atomic mass is 15.1. The molecular formula is C18H28N2. The molecule has 2 nitrogen and oxygen atoms in total. The zero-order valence-electron chi connectivity index (χ0n) is 12.8. The molecule has 1 aromatic rings. The Morgan fingerprint density at radius 1 is 1.25 bits per heavy atom. The monoisotopic (exact) mass is 272 g/mol. The molecule has 0 radical (unpaired) electrons. The van der Waals surface area contributed by atoms with Gasteiger partial charge in [-0.1, -0.05) is 31.5 Å². The van der Waals surface area contributed by atoms with E-state index in [4.69, 9.17) is 0 Å². The van der Waals surface area contributed by atoms with Gasteiger partial charge in [0, 0.05) is 30.7 Å². The smallest absolute Gasteiger partial charge is 0.0398 e. The first-order valence-electron chi connectivity index (χ1n) is 8.37. The summed E-state index contributed by atoms with van der Waals surface area (Å²) in [6, 6.07) is 9.02. The summed E-state index contributed by atoms with van der Waals surface area (Å²) >= 11 is 0. The van der Waals surface area contributed by atoms with Crippen LogP contribution in [-0.4, -0.2) is 26.2 Å². The lowest BCUT2D eigenvalue weighted by atomic mass is 9.76. The van der Waals surface area contributed by atoms with Gasteiger partial charge in [0.05, 0.1) is 0 Å². The number of nitrogens with one attached hydrogen (secondary N) is 1. The van der Waals surface area contributed by atoms with Crippen molar-refractivity contribution in [3.05, 3.63) is 29.8 Å². The number of anilines is 1. The van der Waals surface area contributed by atoms with Crippen molar-refractivity contribution in [1.29, 1.82) is 0 Å². The number of para-hydroxylation sites is 1. The van der Waals surface area contributed by atoms with E-state index in [1.165, 1.54) is 70.4 Å². The lowest BCUT2D eigenvalue weighted by Crippen LogP contribution is -2.48. The van der Waals surface area contributed by atoms with Crippen LogP contribution in [0.4, 0.5) is 5.69 Å². The van der Waals surface area contributed by atoms with Crippen LogP contribution in [0.15, 0.2) is 24.3 Å². The summed E-state index contributed by atoms with van der Waals surface area (Å²) in [6.07, 6.45) is 7.97. The maximum atomic E-state index is 3.65. The second-order valence-electron chi connectivity index (χ2n) is 6.68. The second-order valence-corrected chi connectivity index (χ2v) is 6.68. The van der Waals surface area contributed by atoms with Crippen molar-refractivity contribution in [2.24, 2.45) is 5.41 Å². The largest absolute Gasteiger partial charge is 0.371 e. The predicted octanol–water partition coefficient (Wildman–Crippen LogP) is 3.61. The van der Waals surface area contributed by atoms with Crippen LogP contribution in [0.25, 0.3) is 0 Å². The molecule has 0 aromatic heterocycles. The van der Waals surface area contributed by atoms with Crippen LogP contribution in [0.2, 0.25) is 0 Å². The summed E-state index contributed by atoms with van der Waals surface area (Å²) in [7, 11) is 0. The number of rotatable bonds is 4. The summed E-state index contributed by atoms with van der Waals surface area (Å²) in [6.45, 7) is 7.23. The first-order chi connectivity index (χ1) is 9.83. The summed E-state index contributed by atoms with van der Waals surface area (Å²) < 4.78 is 0. The van der Waals surface area contributed by atoms with Gasteiger partial charge >= 0.3 is 0 Å². The average molecular weight is 272 g/mol. The van der Waals surface area contributed by atoms with Gasteiger partial charge in [0.2, 0.25) is 0 Å². The lowest BCUT2D eigenvalue weighted by molar-refractivity contribution is 0.194. The molecule has 1 atom stereocenters. The van der Waals surface area contributed by atoms with E-state index in [-0.39, 0.29) is 0 Å². The van der Waals surface area contributed by atoms with Gasteiger partial charge in [0.25, 0.3) is 0 Å². The van der Waals surface area contributed by atoms with E-state index in [1.54, 1.807) is 5.56 Å². The third kappa shape index (κ3) is 2.85. The number of nitrogens with zero attached hydrogens (tertiary/aromatic N) is 1. The maximum Gasteiger partial charge on any atom is 0.0398 e. The molecule has 3 rings (SSSR count). The average Bonchev–Trinajstić information content (AvgIpc) is 2.49. The van der Waals surface area contributed by atoms with Crippen LogP contribution in [-0.2, 0) is 6.42 Å². The van der Waals surface area contributed by atoms with Crippen molar-refractivity contribution >= 4 is 5.69 Å². The molecule has 1 N–H and O–H groups in total. The maximum absolute atomic E-state index is 3.65. The Kier molecular flexibility index (Phi) is 4.30. The molecule has 2 heteroatoms. The first-order valence-corrected chi connectivity index (χ1v) is 8.37. The van der Waals surface area contributed by atoms with Gasteiger partial charge in [0.15, 0.2) is 0 Å². The molecule has 0 saturated carbocycles. The van der Waals surface area contributed by atoms with E-state index >= 15 is 0 Å². The van der Waals surface area contributed by atoms with E-state index in [0.29, 0.717) is 5.41 Å². The fourth-order valence-corrected chi connectivity index (χ4v) is 4.17. The Balaban J connectivity index is 1.79. The normalized spacial score (nSPS) is 26.4. The van der Waals surface area contributed by atoms with Crippen LogP contribution in [0.3, 0.4) is 0 Å². The molecule has 0 spiro atoms. The molecule has 2 aliphatic heterocycles. The number of aryl methyl sites for hydroxylation is 1. The van der Waals surface area contributed by atoms with Crippen molar-refractivity contribution in [1.82, 2.24) is 5.32 Å². The molecule has 20 heavy (non-hydrogen) atoms. The predicted molar refractivity (Wildman–Crippen MR) is 86.4 cm³/mol. The fraction of sp³-hybridized carbons (Fsp3) is 0.667. The van der Waals surface area contributed by atoms with Gasteiger partial charge in [-0.15, -0.1) is 0 Å². The van der Waals surface area contributed by atoms with E-state index in [1.807, 2.05) is 0 Å². The molecule has 1 unspecified atom stereocenters. The highest BCUT2D eigenvalue weighted by Crippen LogP contribution is 2.36. The van der Waals surface area contributed by atoms with Crippen LogP contribution in [0, 0.1) is 5.41 Å². The highest BCUT2D eigenvalue weighted by molar-refractivity contribution is 5.55. The first kappa shape index (κ1) is 13.9. The molecule has 1 aromatic carbocycles. The van der Waals surface area contributed by atoms with Crippen LogP contribution < -0.4 is 10.2 Å².